The fraction of sp³-hybridized carbons (Fsp3) is 0.600. The summed E-state index contributed by atoms with van der Waals surface area (Å²) in [7, 11) is -3.12. The second kappa shape index (κ2) is 5.31. The molecule has 0 radical (unpaired) electrons. The van der Waals surface area contributed by atoms with Crippen molar-refractivity contribution in [3.05, 3.63) is 12.4 Å². The number of aromatic nitrogens is 2. The van der Waals surface area contributed by atoms with E-state index in [1.165, 1.54) is 12.4 Å². The predicted octanol–water partition coefficient (Wildman–Crippen LogP) is 0.373. The third-order valence-electron chi connectivity index (χ3n) is 2.85. The van der Waals surface area contributed by atoms with Crippen molar-refractivity contribution < 1.29 is 8.42 Å². The Morgan fingerprint density at radius 2 is 2.28 bits per heavy atom. The zero-order valence-electron chi connectivity index (χ0n) is 10.1. The minimum absolute atomic E-state index is 0.136. The van der Waals surface area contributed by atoms with Crippen LogP contribution in [0.25, 0.3) is 0 Å². The smallest absolute Gasteiger partial charge is 0.171 e. The maximum atomic E-state index is 12.1. The molecule has 2 N–H and O–H groups in total. The second-order valence-corrected chi connectivity index (χ2v) is 7.57. The van der Waals surface area contributed by atoms with Crippen molar-refractivity contribution in [2.24, 2.45) is 0 Å². The van der Waals surface area contributed by atoms with Gasteiger partial charge in [0, 0.05) is 23.8 Å². The molecular weight excluding hydrogens is 272 g/mol. The monoisotopic (exact) mass is 288 g/mol. The first-order valence-corrected chi connectivity index (χ1v) is 8.55. The largest absolute Gasteiger partial charge is 0.382 e. The molecule has 2 rings (SSSR count). The van der Waals surface area contributed by atoms with Crippen LogP contribution in [0.5, 0.6) is 0 Å². The van der Waals surface area contributed by atoms with Crippen LogP contribution in [0.2, 0.25) is 0 Å². The van der Waals surface area contributed by atoms with Crippen molar-refractivity contribution in [3.8, 4) is 0 Å². The van der Waals surface area contributed by atoms with Crippen LogP contribution < -0.4 is 10.6 Å². The Hall–Kier alpha value is -1.02. The number of thioether (sulfide) groups is 1. The molecule has 1 fully saturated rings. The Balaban J connectivity index is 2.31. The molecular formula is C10H16N4O2S2. The molecule has 1 aliphatic heterocycles. The van der Waals surface area contributed by atoms with E-state index in [-0.39, 0.29) is 5.75 Å². The zero-order valence-corrected chi connectivity index (χ0v) is 11.7. The van der Waals surface area contributed by atoms with E-state index in [1.54, 1.807) is 18.7 Å². The highest BCUT2D eigenvalue weighted by atomic mass is 32.2. The maximum absolute atomic E-state index is 12.1. The van der Waals surface area contributed by atoms with Crippen molar-refractivity contribution in [3.63, 3.8) is 0 Å². The molecule has 1 unspecified atom stereocenters. The fourth-order valence-electron chi connectivity index (χ4n) is 1.81. The van der Waals surface area contributed by atoms with Gasteiger partial charge in [0.2, 0.25) is 0 Å². The van der Waals surface area contributed by atoms with Crippen molar-refractivity contribution in [1.29, 1.82) is 0 Å². The van der Waals surface area contributed by atoms with Crippen molar-refractivity contribution in [2.75, 3.05) is 34.4 Å². The van der Waals surface area contributed by atoms with Gasteiger partial charge in [-0.1, -0.05) is 6.92 Å². The van der Waals surface area contributed by atoms with Crippen LogP contribution in [0.4, 0.5) is 11.6 Å². The summed E-state index contributed by atoms with van der Waals surface area (Å²) in [6, 6.07) is 0. The van der Waals surface area contributed by atoms with E-state index >= 15 is 0 Å². The number of nitrogens with two attached hydrogens (primary N) is 1. The highest BCUT2D eigenvalue weighted by molar-refractivity contribution is 8.01. The molecule has 1 aliphatic rings. The molecule has 8 heteroatoms. The molecule has 0 aliphatic carbocycles. The molecule has 18 heavy (non-hydrogen) atoms. The van der Waals surface area contributed by atoms with E-state index in [0.29, 0.717) is 23.9 Å². The lowest BCUT2D eigenvalue weighted by Crippen LogP contribution is -2.48. The summed E-state index contributed by atoms with van der Waals surface area (Å²) in [6.45, 7) is 2.33. The first-order valence-electron chi connectivity index (χ1n) is 5.68. The summed E-state index contributed by atoms with van der Waals surface area (Å²) in [5, 5.41) is -0.515. The zero-order chi connectivity index (χ0) is 13.2. The van der Waals surface area contributed by atoms with Gasteiger partial charge in [0.25, 0.3) is 0 Å². The fourth-order valence-corrected chi connectivity index (χ4v) is 4.79. The van der Waals surface area contributed by atoms with Crippen LogP contribution in [-0.4, -0.2) is 47.6 Å². The summed E-state index contributed by atoms with van der Waals surface area (Å²) < 4.78 is 24.2. The minimum Gasteiger partial charge on any atom is -0.382 e. The highest BCUT2D eigenvalue weighted by Crippen LogP contribution is 2.25. The van der Waals surface area contributed by atoms with Gasteiger partial charge in [0.15, 0.2) is 9.84 Å². The Morgan fingerprint density at radius 1 is 1.50 bits per heavy atom. The normalized spacial score (nSPS) is 20.9. The molecule has 0 saturated carbocycles. The third kappa shape index (κ3) is 2.69. The van der Waals surface area contributed by atoms with Crippen LogP contribution in [0, 0.1) is 0 Å². The van der Waals surface area contributed by atoms with Gasteiger partial charge in [-0.15, -0.1) is 0 Å². The average molecular weight is 288 g/mol. The molecule has 0 aromatic carbocycles. The van der Waals surface area contributed by atoms with Gasteiger partial charge < -0.3 is 10.6 Å². The van der Waals surface area contributed by atoms with E-state index < -0.39 is 15.2 Å². The number of rotatable bonds is 3. The summed E-state index contributed by atoms with van der Waals surface area (Å²) >= 11 is 1.65. The lowest BCUT2D eigenvalue weighted by molar-refractivity contribution is 0.579. The Bertz CT molecular complexity index is 503. The third-order valence-corrected chi connectivity index (χ3v) is 6.14. The molecule has 1 atom stereocenters. The van der Waals surface area contributed by atoms with E-state index in [2.05, 4.69) is 9.97 Å². The molecule has 100 valence electrons. The predicted molar refractivity (Wildman–Crippen MR) is 74.4 cm³/mol. The first-order chi connectivity index (χ1) is 8.54. The summed E-state index contributed by atoms with van der Waals surface area (Å²) in [6.07, 6.45) is 2.98. The average Bonchev–Trinajstić information content (AvgIpc) is 2.40. The molecule has 1 aromatic heterocycles. The van der Waals surface area contributed by atoms with E-state index in [4.69, 9.17) is 5.73 Å². The molecule has 0 bridgehead atoms. The molecule has 6 nitrogen and oxygen atoms in total. The van der Waals surface area contributed by atoms with Crippen molar-refractivity contribution in [1.82, 2.24) is 9.97 Å². The topological polar surface area (TPSA) is 89.2 Å². The maximum Gasteiger partial charge on any atom is 0.171 e. The standard InChI is InChI=1S/C10H16N4O2S2/c1-2-18(15,16)10-7-17-4-3-14(10)9-6-12-8(11)5-13-9/h5-6,10H,2-4,7H2,1H3,(H2,11,12). The van der Waals surface area contributed by atoms with E-state index in [1.807, 2.05) is 4.90 Å². The van der Waals surface area contributed by atoms with Gasteiger partial charge in [-0.2, -0.15) is 11.8 Å². The number of nitrogen functional groups attached to an aromatic ring is 1. The van der Waals surface area contributed by atoms with Gasteiger partial charge >= 0.3 is 0 Å². The number of sulfone groups is 1. The van der Waals surface area contributed by atoms with E-state index in [9.17, 15) is 8.42 Å². The van der Waals surface area contributed by atoms with Crippen LogP contribution in [-0.2, 0) is 9.84 Å². The Kier molecular flexibility index (Phi) is 3.96. The molecule has 1 aromatic rings. The van der Waals surface area contributed by atoms with Crippen molar-refractivity contribution >= 4 is 33.2 Å². The minimum atomic E-state index is -3.12. The van der Waals surface area contributed by atoms with E-state index in [0.717, 1.165) is 5.75 Å². The van der Waals surface area contributed by atoms with Gasteiger partial charge in [0.1, 0.15) is 17.0 Å². The summed E-state index contributed by atoms with van der Waals surface area (Å²) in [4.78, 5) is 9.94. The molecule has 0 amide bonds. The molecule has 1 saturated heterocycles. The number of nitrogens with zero attached hydrogens (tertiary/aromatic N) is 3. The number of hydrogen-bond acceptors (Lipinski definition) is 7. The molecule has 2 heterocycles. The van der Waals surface area contributed by atoms with Crippen LogP contribution in [0.1, 0.15) is 6.92 Å². The summed E-state index contributed by atoms with van der Waals surface area (Å²) in [5.74, 6) is 2.51. The lowest BCUT2D eigenvalue weighted by Gasteiger charge is -2.35. The number of hydrogen-bond donors (Lipinski definition) is 1. The SMILES string of the molecule is CCS(=O)(=O)C1CSCCN1c1cnc(N)cn1. The van der Waals surface area contributed by atoms with Gasteiger partial charge in [-0.05, 0) is 0 Å². The van der Waals surface area contributed by atoms with Crippen LogP contribution in [0.15, 0.2) is 12.4 Å². The van der Waals surface area contributed by atoms with Gasteiger partial charge in [0.05, 0.1) is 12.4 Å². The molecule has 0 spiro atoms. The Morgan fingerprint density at radius 3 is 2.89 bits per heavy atom. The van der Waals surface area contributed by atoms with Gasteiger partial charge in [-0.3, -0.25) is 0 Å². The lowest BCUT2D eigenvalue weighted by atomic mass is 10.4. The highest BCUT2D eigenvalue weighted by Gasteiger charge is 2.33. The van der Waals surface area contributed by atoms with Crippen molar-refractivity contribution in [2.45, 2.75) is 12.3 Å². The van der Waals surface area contributed by atoms with Crippen LogP contribution >= 0.6 is 11.8 Å². The van der Waals surface area contributed by atoms with Crippen LogP contribution in [0.3, 0.4) is 0 Å². The second-order valence-electron chi connectivity index (χ2n) is 3.97. The van der Waals surface area contributed by atoms with Gasteiger partial charge in [-0.25, -0.2) is 18.4 Å². The quantitative estimate of drug-likeness (QED) is 0.859. The number of anilines is 2. The Labute approximate surface area is 111 Å². The summed E-state index contributed by atoms with van der Waals surface area (Å²) in [5.41, 5.74) is 5.49. The first kappa shape index (κ1) is 13.4.